The molecule has 2 heterocycles. The minimum absolute atomic E-state index is 0.230. The molecule has 0 aromatic carbocycles. The molecule has 2 saturated heterocycles. The van der Waals surface area contributed by atoms with Crippen LogP contribution in [0.5, 0.6) is 0 Å². The highest BCUT2D eigenvalue weighted by Crippen LogP contribution is 2.38. The van der Waals surface area contributed by atoms with Crippen LogP contribution in [0, 0.1) is 5.41 Å². The summed E-state index contributed by atoms with van der Waals surface area (Å²) in [5.74, 6) is 0.230. The maximum atomic E-state index is 12.7. The second-order valence-electron chi connectivity index (χ2n) is 6.94. The Labute approximate surface area is 116 Å². The first-order valence-corrected chi connectivity index (χ1v) is 7.93. The molecule has 1 aliphatic carbocycles. The van der Waals surface area contributed by atoms with Crippen molar-refractivity contribution in [3.8, 4) is 0 Å². The van der Waals surface area contributed by atoms with Gasteiger partial charge in [-0.05, 0) is 44.1 Å². The van der Waals surface area contributed by atoms with Crippen LogP contribution in [-0.4, -0.2) is 42.5 Å². The average molecular weight is 265 g/mol. The fourth-order valence-corrected chi connectivity index (χ4v) is 4.12. The highest BCUT2D eigenvalue weighted by Gasteiger charge is 2.43. The summed E-state index contributed by atoms with van der Waals surface area (Å²) in [5, 5.41) is 3.47. The molecule has 1 amide bonds. The lowest BCUT2D eigenvalue weighted by Gasteiger charge is -2.43. The van der Waals surface area contributed by atoms with Crippen LogP contribution in [0.4, 0.5) is 0 Å². The van der Waals surface area contributed by atoms with E-state index in [1.54, 1.807) is 0 Å². The van der Waals surface area contributed by atoms with Crippen LogP contribution in [-0.2, 0) is 4.79 Å². The molecule has 0 atom stereocenters. The molecule has 108 valence electrons. The van der Waals surface area contributed by atoms with Crippen LogP contribution >= 0.6 is 0 Å². The van der Waals surface area contributed by atoms with Gasteiger partial charge in [0.2, 0.25) is 5.91 Å². The smallest absolute Gasteiger partial charge is 0.242 e. The summed E-state index contributed by atoms with van der Waals surface area (Å²) in [5.41, 5.74) is 6.31. The lowest BCUT2D eigenvalue weighted by Crippen LogP contribution is -2.58. The highest BCUT2D eigenvalue weighted by atomic mass is 16.2. The summed E-state index contributed by atoms with van der Waals surface area (Å²) in [6.45, 7) is 4.12. The maximum Gasteiger partial charge on any atom is 0.242 e. The van der Waals surface area contributed by atoms with Gasteiger partial charge in [-0.2, -0.15) is 0 Å². The molecule has 0 unspecified atom stereocenters. The van der Waals surface area contributed by atoms with Gasteiger partial charge < -0.3 is 16.0 Å². The number of amides is 1. The first kappa shape index (κ1) is 13.4. The molecule has 3 fully saturated rings. The van der Waals surface area contributed by atoms with Crippen LogP contribution in [0.1, 0.15) is 51.4 Å². The Balaban J connectivity index is 1.60. The zero-order chi connectivity index (χ0) is 13.3. The molecule has 3 aliphatic rings. The topological polar surface area (TPSA) is 58.4 Å². The lowest BCUT2D eigenvalue weighted by atomic mass is 9.76. The Morgan fingerprint density at radius 2 is 1.68 bits per heavy atom. The molecule has 0 bridgehead atoms. The molecule has 4 heteroatoms. The molecule has 0 aromatic rings. The molecule has 4 nitrogen and oxygen atoms in total. The van der Waals surface area contributed by atoms with Crippen LogP contribution in [0.15, 0.2) is 0 Å². The van der Waals surface area contributed by atoms with Crippen molar-refractivity contribution in [2.24, 2.45) is 11.1 Å². The minimum atomic E-state index is -0.545. The third-order valence-corrected chi connectivity index (χ3v) is 5.62. The summed E-state index contributed by atoms with van der Waals surface area (Å²) >= 11 is 0. The standard InChI is InChI=1S/C15H27N3O/c16-15(4-2-1-3-5-15)13(19)18-10-7-14(8-11-18)6-9-17-12-14/h17H,1-12,16H2. The fraction of sp³-hybridized carbons (Fsp3) is 0.933. The lowest BCUT2D eigenvalue weighted by molar-refractivity contribution is -0.140. The van der Waals surface area contributed by atoms with Crippen LogP contribution in [0.3, 0.4) is 0 Å². The van der Waals surface area contributed by atoms with Crippen molar-refractivity contribution >= 4 is 5.91 Å². The maximum absolute atomic E-state index is 12.7. The first-order chi connectivity index (χ1) is 9.14. The van der Waals surface area contributed by atoms with Gasteiger partial charge in [-0.1, -0.05) is 19.3 Å². The van der Waals surface area contributed by atoms with Crippen molar-refractivity contribution in [2.75, 3.05) is 26.2 Å². The van der Waals surface area contributed by atoms with Gasteiger partial charge in [-0.3, -0.25) is 4.79 Å². The van der Waals surface area contributed by atoms with E-state index in [0.29, 0.717) is 5.41 Å². The number of nitrogens with zero attached hydrogens (tertiary/aromatic N) is 1. The molecule has 0 aromatic heterocycles. The zero-order valence-electron chi connectivity index (χ0n) is 11.9. The van der Waals surface area contributed by atoms with Gasteiger partial charge in [0.15, 0.2) is 0 Å². The van der Waals surface area contributed by atoms with Gasteiger partial charge in [-0.15, -0.1) is 0 Å². The summed E-state index contributed by atoms with van der Waals surface area (Å²) in [4.78, 5) is 14.7. The van der Waals surface area contributed by atoms with E-state index in [4.69, 9.17) is 5.73 Å². The number of nitrogens with one attached hydrogen (secondary N) is 1. The summed E-state index contributed by atoms with van der Waals surface area (Å²) < 4.78 is 0. The number of hydrogen-bond donors (Lipinski definition) is 2. The predicted octanol–water partition coefficient (Wildman–Crippen LogP) is 1.25. The van der Waals surface area contributed by atoms with Crippen molar-refractivity contribution in [3.05, 3.63) is 0 Å². The number of nitrogens with two attached hydrogens (primary N) is 1. The minimum Gasteiger partial charge on any atom is -0.341 e. The zero-order valence-corrected chi connectivity index (χ0v) is 11.9. The van der Waals surface area contributed by atoms with Crippen LogP contribution < -0.4 is 11.1 Å². The number of hydrogen-bond acceptors (Lipinski definition) is 3. The molecular weight excluding hydrogens is 238 g/mol. The van der Waals surface area contributed by atoms with Gasteiger partial charge in [-0.25, -0.2) is 0 Å². The van der Waals surface area contributed by atoms with Crippen LogP contribution in [0.25, 0.3) is 0 Å². The van der Waals surface area contributed by atoms with Gasteiger partial charge in [0, 0.05) is 19.6 Å². The fourth-order valence-electron chi connectivity index (χ4n) is 4.12. The third kappa shape index (κ3) is 2.52. The number of likely N-dealkylation sites (tertiary alicyclic amines) is 1. The third-order valence-electron chi connectivity index (χ3n) is 5.62. The molecule has 1 saturated carbocycles. The molecule has 19 heavy (non-hydrogen) atoms. The van der Waals surface area contributed by atoms with Gasteiger partial charge >= 0.3 is 0 Å². The van der Waals surface area contributed by atoms with E-state index in [1.165, 1.54) is 12.8 Å². The second kappa shape index (κ2) is 5.06. The van der Waals surface area contributed by atoms with Gasteiger partial charge in [0.25, 0.3) is 0 Å². The van der Waals surface area contributed by atoms with E-state index >= 15 is 0 Å². The summed E-state index contributed by atoms with van der Waals surface area (Å²) in [6.07, 6.45) is 8.82. The van der Waals surface area contributed by atoms with E-state index in [-0.39, 0.29) is 5.91 Å². The summed E-state index contributed by atoms with van der Waals surface area (Å²) in [6, 6.07) is 0. The Hall–Kier alpha value is -0.610. The van der Waals surface area contributed by atoms with E-state index in [1.807, 2.05) is 0 Å². The number of rotatable bonds is 1. The highest BCUT2D eigenvalue weighted by molar-refractivity contribution is 5.86. The average Bonchev–Trinajstić information content (AvgIpc) is 2.88. The molecule has 1 spiro atoms. The molecule has 0 radical (unpaired) electrons. The quantitative estimate of drug-likeness (QED) is 0.750. The van der Waals surface area contributed by atoms with Crippen molar-refractivity contribution < 1.29 is 4.79 Å². The van der Waals surface area contributed by atoms with E-state index < -0.39 is 5.54 Å². The van der Waals surface area contributed by atoms with Gasteiger partial charge in [0.05, 0.1) is 5.54 Å². The number of carbonyl (C=O) groups excluding carboxylic acids is 1. The Bertz CT molecular complexity index is 333. The first-order valence-electron chi connectivity index (χ1n) is 7.93. The normalized spacial score (nSPS) is 29.6. The van der Waals surface area contributed by atoms with Crippen molar-refractivity contribution in [3.63, 3.8) is 0 Å². The Kier molecular flexibility index (Phi) is 3.56. The van der Waals surface area contributed by atoms with Crippen molar-refractivity contribution in [1.82, 2.24) is 10.2 Å². The molecular formula is C15H27N3O. The van der Waals surface area contributed by atoms with Crippen molar-refractivity contribution in [2.45, 2.75) is 56.9 Å². The molecule has 2 aliphatic heterocycles. The Morgan fingerprint density at radius 1 is 1.00 bits per heavy atom. The van der Waals surface area contributed by atoms with Gasteiger partial charge in [0.1, 0.15) is 0 Å². The molecule has 3 rings (SSSR count). The number of carbonyl (C=O) groups is 1. The number of piperidine rings is 1. The van der Waals surface area contributed by atoms with Crippen molar-refractivity contribution in [1.29, 1.82) is 0 Å². The SMILES string of the molecule is NC1(C(=O)N2CCC3(CCNC3)CC2)CCCCC1. The van der Waals surface area contributed by atoms with Crippen LogP contribution in [0.2, 0.25) is 0 Å². The molecule has 3 N–H and O–H groups in total. The largest absolute Gasteiger partial charge is 0.341 e. The monoisotopic (exact) mass is 265 g/mol. The van der Waals surface area contributed by atoms with E-state index in [9.17, 15) is 4.79 Å². The van der Waals surface area contributed by atoms with E-state index in [2.05, 4.69) is 10.2 Å². The predicted molar refractivity (Wildman–Crippen MR) is 75.7 cm³/mol. The Morgan fingerprint density at radius 3 is 2.26 bits per heavy atom. The van der Waals surface area contributed by atoms with E-state index in [0.717, 1.165) is 64.7 Å². The second-order valence-corrected chi connectivity index (χ2v) is 6.94. The summed E-state index contributed by atoms with van der Waals surface area (Å²) in [7, 11) is 0.